The molecule has 2 rings (SSSR count). The molecular formula is C14H10INO. The van der Waals surface area contributed by atoms with Crippen LogP contribution in [-0.2, 0) is 6.61 Å². The number of benzene rings is 2. The highest BCUT2D eigenvalue weighted by molar-refractivity contribution is 14.1. The van der Waals surface area contributed by atoms with Crippen molar-refractivity contribution in [3.05, 3.63) is 63.2 Å². The average Bonchev–Trinajstić information content (AvgIpc) is 2.37. The van der Waals surface area contributed by atoms with E-state index in [0.717, 1.165) is 14.9 Å². The normalized spacial score (nSPS) is 9.65. The smallest absolute Gasteiger partial charge is 0.120 e. The molecule has 0 atom stereocenters. The maximum atomic E-state index is 8.79. The molecule has 0 N–H and O–H groups in total. The zero-order valence-electron chi connectivity index (χ0n) is 9.06. The van der Waals surface area contributed by atoms with E-state index < -0.39 is 0 Å². The van der Waals surface area contributed by atoms with Gasteiger partial charge in [-0.15, -0.1) is 0 Å². The first-order valence-electron chi connectivity index (χ1n) is 5.15. The van der Waals surface area contributed by atoms with E-state index in [2.05, 4.69) is 28.7 Å². The van der Waals surface area contributed by atoms with Gasteiger partial charge in [0.15, 0.2) is 0 Å². The first-order valence-corrected chi connectivity index (χ1v) is 6.23. The summed E-state index contributed by atoms with van der Waals surface area (Å²) in [5.41, 5.74) is 1.66. The molecule has 0 aliphatic rings. The van der Waals surface area contributed by atoms with E-state index in [0.29, 0.717) is 12.2 Å². The van der Waals surface area contributed by atoms with Gasteiger partial charge in [0, 0.05) is 3.57 Å². The zero-order chi connectivity index (χ0) is 12.1. The minimum atomic E-state index is 0.482. The summed E-state index contributed by atoms with van der Waals surface area (Å²) in [6, 6.07) is 17.5. The summed E-state index contributed by atoms with van der Waals surface area (Å²) >= 11 is 2.25. The molecule has 0 radical (unpaired) electrons. The molecule has 17 heavy (non-hydrogen) atoms. The van der Waals surface area contributed by atoms with Crippen molar-refractivity contribution in [1.29, 1.82) is 5.26 Å². The Bertz CT molecular complexity index is 560. The standard InChI is InChI=1S/C14H10INO/c15-13-5-2-6-14(8-13)17-10-12-4-1-3-11(7-12)9-16/h1-8H,10H2. The van der Waals surface area contributed by atoms with Crippen LogP contribution in [0.15, 0.2) is 48.5 Å². The fraction of sp³-hybridized carbons (Fsp3) is 0.0714. The molecule has 0 fully saturated rings. The number of nitriles is 1. The highest BCUT2D eigenvalue weighted by Crippen LogP contribution is 2.16. The van der Waals surface area contributed by atoms with Gasteiger partial charge in [-0.25, -0.2) is 0 Å². The van der Waals surface area contributed by atoms with Gasteiger partial charge in [0.05, 0.1) is 11.6 Å². The Balaban J connectivity index is 2.05. The number of rotatable bonds is 3. The van der Waals surface area contributed by atoms with Crippen molar-refractivity contribution in [2.75, 3.05) is 0 Å². The van der Waals surface area contributed by atoms with E-state index in [1.54, 1.807) is 6.07 Å². The van der Waals surface area contributed by atoms with E-state index in [1.165, 1.54) is 0 Å². The van der Waals surface area contributed by atoms with Gasteiger partial charge >= 0.3 is 0 Å². The number of ether oxygens (including phenoxy) is 1. The second-order valence-corrected chi connectivity index (χ2v) is 4.80. The van der Waals surface area contributed by atoms with Crippen LogP contribution in [0.1, 0.15) is 11.1 Å². The summed E-state index contributed by atoms with van der Waals surface area (Å²) in [6.07, 6.45) is 0. The molecule has 0 amide bonds. The van der Waals surface area contributed by atoms with Crippen LogP contribution in [0.4, 0.5) is 0 Å². The predicted octanol–water partition coefficient (Wildman–Crippen LogP) is 3.74. The third-order valence-electron chi connectivity index (χ3n) is 2.26. The van der Waals surface area contributed by atoms with Crippen molar-refractivity contribution >= 4 is 22.6 Å². The molecule has 0 saturated carbocycles. The number of nitrogens with zero attached hydrogens (tertiary/aromatic N) is 1. The van der Waals surface area contributed by atoms with Crippen molar-refractivity contribution in [3.8, 4) is 11.8 Å². The number of hydrogen-bond donors (Lipinski definition) is 0. The monoisotopic (exact) mass is 335 g/mol. The van der Waals surface area contributed by atoms with Gasteiger partial charge in [-0.1, -0.05) is 18.2 Å². The van der Waals surface area contributed by atoms with E-state index in [-0.39, 0.29) is 0 Å². The van der Waals surface area contributed by atoms with Gasteiger partial charge in [-0.05, 0) is 58.5 Å². The molecule has 3 heteroatoms. The number of halogens is 1. The Labute approximate surface area is 114 Å². The molecule has 0 unspecified atom stereocenters. The fourth-order valence-electron chi connectivity index (χ4n) is 1.45. The lowest BCUT2D eigenvalue weighted by molar-refractivity contribution is 0.306. The van der Waals surface area contributed by atoms with Gasteiger partial charge in [-0.2, -0.15) is 5.26 Å². The topological polar surface area (TPSA) is 33.0 Å². The maximum absolute atomic E-state index is 8.79. The molecule has 0 saturated heterocycles. The van der Waals surface area contributed by atoms with E-state index in [4.69, 9.17) is 10.00 Å². The minimum absolute atomic E-state index is 0.482. The zero-order valence-corrected chi connectivity index (χ0v) is 11.2. The van der Waals surface area contributed by atoms with Crippen LogP contribution in [0.5, 0.6) is 5.75 Å². The van der Waals surface area contributed by atoms with Gasteiger partial charge in [-0.3, -0.25) is 0 Å². The Morgan fingerprint density at radius 1 is 1.12 bits per heavy atom. The Hall–Kier alpha value is -1.54. The molecule has 0 bridgehead atoms. The van der Waals surface area contributed by atoms with Crippen molar-refractivity contribution < 1.29 is 4.74 Å². The second-order valence-electron chi connectivity index (χ2n) is 3.56. The molecule has 2 nitrogen and oxygen atoms in total. The van der Waals surface area contributed by atoms with Gasteiger partial charge in [0.25, 0.3) is 0 Å². The SMILES string of the molecule is N#Cc1cccc(COc2cccc(I)c2)c1. The highest BCUT2D eigenvalue weighted by atomic mass is 127. The van der Waals surface area contributed by atoms with Gasteiger partial charge < -0.3 is 4.74 Å². The molecular weight excluding hydrogens is 325 g/mol. The quantitative estimate of drug-likeness (QED) is 0.801. The average molecular weight is 335 g/mol. The predicted molar refractivity (Wildman–Crippen MR) is 74.6 cm³/mol. The molecule has 0 heterocycles. The minimum Gasteiger partial charge on any atom is -0.489 e. The highest BCUT2D eigenvalue weighted by Gasteiger charge is 1.98. The fourth-order valence-corrected chi connectivity index (χ4v) is 1.97. The first kappa shape index (κ1) is 11.9. The summed E-state index contributed by atoms with van der Waals surface area (Å²) < 4.78 is 6.80. The lowest BCUT2D eigenvalue weighted by atomic mass is 10.1. The Morgan fingerprint density at radius 3 is 2.71 bits per heavy atom. The van der Waals surface area contributed by atoms with Crippen LogP contribution in [0, 0.1) is 14.9 Å². The molecule has 84 valence electrons. The van der Waals surface area contributed by atoms with E-state index >= 15 is 0 Å². The maximum Gasteiger partial charge on any atom is 0.120 e. The lowest BCUT2D eigenvalue weighted by Crippen LogP contribution is -1.95. The molecule has 2 aromatic carbocycles. The summed E-state index contributed by atoms with van der Waals surface area (Å²) in [4.78, 5) is 0. The summed E-state index contributed by atoms with van der Waals surface area (Å²) in [7, 11) is 0. The van der Waals surface area contributed by atoms with Gasteiger partial charge in [0.2, 0.25) is 0 Å². The van der Waals surface area contributed by atoms with E-state index in [9.17, 15) is 0 Å². The van der Waals surface area contributed by atoms with Gasteiger partial charge in [0.1, 0.15) is 12.4 Å². The largest absolute Gasteiger partial charge is 0.489 e. The molecule has 0 spiro atoms. The summed E-state index contributed by atoms with van der Waals surface area (Å²) in [5.74, 6) is 0.847. The lowest BCUT2D eigenvalue weighted by Gasteiger charge is -2.06. The third kappa shape index (κ3) is 3.46. The van der Waals surface area contributed by atoms with Crippen molar-refractivity contribution in [2.45, 2.75) is 6.61 Å². The van der Waals surface area contributed by atoms with Crippen molar-refractivity contribution in [1.82, 2.24) is 0 Å². The van der Waals surface area contributed by atoms with E-state index in [1.807, 2.05) is 42.5 Å². The van der Waals surface area contributed by atoms with Crippen LogP contribution in [0.2, 0.25) is 0 Å². The second kappa shape index (κ2) is 5.69. The van der Waals surface area contributed by atoms with Crippen LogP contribution >= 0.6 is 22.6 Å². The molecule has 2 aromatic rings. The summed E-state index contributed by atoms with van der Waals surface area (Å²) in [6.45, 7) is 0.482. The van der Waals surface area contributed by atoms with Crippen molar-refractivity contribution in [2.24, 2.45) is 0 Å². The summed E-state index contributed by atoms with van der Waals surface area (Å²) in [5, 5.41) is 8.79. The number of hydrogen-bond acceptors (Lipinski definition) is 2. The van der Waals surface area contributed by atoms with Crippen LogP contribution in [0.25, 0.3) is 0 Å². The molecule has 0 aliphatic heterocycles. The Kier molecular flexibility index (Phi) is 3.99. The Morgan fingerprint density at radius 2 is 1.94 bits per heavy atom. The molecule has 0 aliphatic carbocycles. The van der Waals surface area contributed by atoms with Crippen LogP contribution in [0.3, 0.4) is 0 Å². The first-order chi connectivity index (χ1) is 8.28. The third-order valence-corrected chi connectivity index (χ3v) is 2.93. The van der Waals surface area contributed by atoms with Crippen LogP contribution < -0.4 is 4.74 Å². The molecule has 0 aromatic heterocycles. The van der Waals surface area contributed by atoms with Crippen molar-refractivity contribution in [3.63, 3.8) is 0 Å². The van der Waals surface area contributed by atoms with Crippen LogP contribution in [-0.4, -0.2) is 0 Å².